The molecule has 5 nitrogen and oxygen atoms in total. The van der Waals surface area contributed by atoms with E-state index in [1.165, 1.54) is 12.5 Å². The molecule has 0 fully saturated rings. The third kappa shape index (κ3) is 2.47. The fourth-order valence-electron chi connectivity index (χ4n) is 1.29. The first-order valence-electron chi connectivity index (χ1n) is 4.80. The van der Waals surface area contributed by atoms with Gasteiger partial charge in [0.15, 0.2) is 5.82 Å². The Labute approximate surface area is 91.5 Å². The molecule has 6 heteroatoms. The van der Waals surface area contributed by atoms with Crippen LogP contribution in [0.4, 0.5) is 15.8 Å². The van der Waals surface area contributed by atoms with Crippen LogP contribution >= 0.6 is 0 Å². The Morgan fingerprint density at radius 2 is 2.31 bits per heavy atom. The first-order chi connectivity index (χ1) is 7.75. The molecule has 0 aliphatic heterocycles. The number of nitrogens with two attached hydrogens (primary N) is 1. The van der Waals surface area contributed by atoms with Gasteiger partial charge in [0.1, 0.15) is 5.82 Å². The largest absolute Gasteiger partial charge is 0.399 e. The lowest BCUT2D eigenvalue weighted by Crippen LogP contribution is -2.07. The molecule has 0 aliphatic carbocycles. The number of aromatic nitrogens is 2. The quantitative estimate of drug-likeness (QED) is 0.765. The molecule has 84 valence electrons. The number of nitrogens with one attached hydrogen (secondary N) is 1. The summed E-state index contributed by atoms with van der Waals surface area (Å²) < 4.78 is 17.9. The maximum atomic E-state index is 13.3. The highest BCUT2D eigenvalue weighted by atomic mass is 19.1. The average Bonchev–Trinajstić information content (AvgIpc) is 2.74. The van der Waals surface area contributed by atoms with Crippen molar-refractivity contribution in [2.45, 2.75) is 6.42 Å². The molecule has 0 saturated carbocycles. The number of rotatable bonds is 4. The lowest BCUT2D eigenvalue weighted by molar-refractivity contribution is 0.410. The molecule has 1 aromatic carbocycles. The molecule has 2 aromatic rings. The van der Waals surface area contributed by atoms with Crippen LogP contribution in [0, 0.1) is 5.82 Å². The molecule has 3 N–H and O–H groups in total. The summed E-state index contributed by atoms with van der Waals surface area (Å²) >= 11 is 0. The topological polar surface area (TPSA) is 77.0 Å². The Kier molecular flexibility index (Phi) is 3.00. The van der Waals surface area contributed by atoms with Gasteiger partial charge in [0, 0.05) is 18.7 Å². The van der Waals surface area contributed by atoms with E-state index in [4.69, 9.17) is 5.73 Å². The smallest absolute Gasteiger partial charge is 0.213 e. The summed E-state index contributed by atoms with van der Waals surface area (Å²) in [6.07, 6.45) is 1.83. The highest BCUT2D eigenvalue weighted by Crippen LogP contribution is 2.16. The Morgan fingerprint density at radius 1 is 1.44 bits per heavy atom. The molecule has 0 radical (unpaired) electrons. The van der Waals surface area contributed by atoms with Crippen LogP contribution in [0.15, 0.2) is 29.1 Å². The van der Waals surface area contributed by atoms with E-state index in [-0.39, 0.29) is 5.82 Å². The van der Waals surface area contributed by atoms with Gasteiger partial charge < -0.3 is 15.6 Å². The summed E-state index contributed by atoms with van der Waals surface area (Å²) in [5.41, 5.74) is 6.25. The van der Waals surface area contributed by atoms with Crippen LogP contribution in [-0.4, -0.2) is 16.7 Å². The van der Waals surface area contributed by atoms with Crippen molar-refractivity contribution < 1.29 is 8.91 Å². The van der Waals surface area contributed by atoms with Crippen LogP contribution in [0.2, 0.25) is 0 Å². The molecule has 16 heavy (non-hydrogen) atoms. The van der Waals surface area contributed by atoms with Crippen LogP contribution in [-0.2, 0) is 6.42 Å². The predicted octanol–water partition coefficient (Wildman–Crippen LogP) is 1.45. The van der Waals surface area contributed by atoms with Gasteiger partial charge in [-0.2, -0.15) is 4.98 Å². The second kappa shape index (κ2) is 4.61. The number of halogens is 1. The lowest BCUT2D eigenvalue weighted by Gasteiger charge is -2.06. The Bertz CT molecular complexity index is 458. The zero-order valence-corrected chi connectivity index (χ0v) is 8.48. The highest BCUT2D eigenvalue weighted by molar-refractivity contribution is 5.52. The number of anilines is 2. The molecule has 1 aromatic heterocycles. The molecule has 0 aliphatic rings. The van der Waals surface area contributed by atoms with Crippen molar-refractivity contribution in [2.75, 3.05) is 17.6 Å². The van der Waals surface area contributed by atoms with Gasteiger partial charge in [-0.05, 0) is 18.2 Å². The molecule has 0 spiro atoms. The molecule has 1 heterocycles. The molecule has 0 unspecified atom stereocenters. The normalized spacial score (nSPS) is 10.3. The van der Waals surface area contributed by atoms with Crippen molar-refractivity contribution in [1.29, 1.82) is 0 Å². The van der Waals surface area contributed by atoms with E-state index in [0.29, 0.717) is 30.2 Å². The summed E-state index contributed by atoms with van der Waals surface area (Å²) in [5, 5.41) is 6.57. The second-order valence-electron chi connectivity index (χ2n) is 3.26. The van der Waals surface area contributed by atoms with Crippen LogP contribution < -0.4 is 11.1 Å². The van der Waals surface area contributed by atoms with Gasteiger partial charge in [0.05, 0.1) is 5.69 Å². The van der Waals surface area contributed by atoms with Crippen molar-refractivity contribution in [3.8, 4) is 0 Å². The van der Waals surface area contributed by atoms with Gasteiger partial charge in [-0.1, -0.05) is 5.16 Å². The van der Waals surface area contributed by atoms with E-state index in [1.807, 2.05) is 0 Å². The van der Waals surface area contributed by atoms with Crippen LogP contribution in [0.3, 0.4) is 0 Å². The second-order valence-corrected chi connectivity index (χ2v) is 3.26. The summed E-state index contributed by atoms with van der Waals surface area (Å²) in [7, 11) is 0. The number of benzene rings is 1. The Balaban J connectivity index is 1.90. The Morgan fingerprint density at radius 3 is 3.00 bits per heavy atom. The maximum absolute atomic E-state index is 13.3. The van der Waals surface area contributed by atoms with E-state index in [2.05, 4.69) is 20.0 Å². The lowest BCUT2D eigenvalue weighted by atomic mass is 10.2. The van der Waals surface area contributed by atoms with Gasteiger partial charge in [-0.25, -0.2) is 4.39 Å². The first kappa shape index (κ1) is 10.4. The minimum Gasteiger partial charge on any atom is -0.399 e. The SMILES string of the molecule is Nc1ccc(NCCc2ncon2)c(F)c1. The number of nitrogen functional groups attached to an aromatic ring is 1. The van der Waals surface area contributed by atoms with E-state index >= 15 is 0 Å². The monoisotopic (exact) mass is 222 g/mol. The molecule has 0 amide bonds. The molecule has 0 bridgehead atoms. The van der Waals surface area contributed by atoms with Gasteiger partial charge in [-0.3, -0.25) is 0 Å². The third-order valence-corrected chi connectivity index (χ3v) is 2.06. The summed E-state index contributed by atoms with van der Waals surface area (Å²) in [6.45, 7) is 0.528. The van der Waals surface area contributed by atoms with E-state index in [9.17, 15) is 4.39 Å². The predicted molar refractivity (Wildman–Crippen MR) is 57.3 cm³/mol. The zero-order chi connectivity index (χ0) is 11.4. The van der Waals surface area contributed by atoms with Crippen molar-refractivity contribution >= 4 is 11.4 Å². The summed E-state index contributed by atoms with van der Waals surface area (Å²) in [5.74, 6) is 0.219. The first-order valence-corrected chi connectivity index (χ1v) is 4.80. The molecule has 0 saturated heterocycles. The van der Waals surface area contributed by atoms with Crippen molar-refractivity contribution in [3.63, 3.8) is 0 Å². The van der Waals surface area contributed by atoms with Gasteiger partial charge in [0.25, 0.3) is 0 Å². The van der Waals surface area contributed by atoms with E-state index in [0.717, 1.165) is 0 Å². The summed E-state index contributed by atoms with van der Waals surface area (Å²) in [6, 6.07) is 4.51. The fourth-order valence-corrected chi connectivity index (χ4v) is 1.29. The van der Waals surface area contributed by atoms with E-state index in [1.54, 1.807) is 12.1 Å². The van der Waals surface area contributed by atoms with Crippen LogP contribution in [0.1, 0.15) is 5.82 Å². The molecular formula is C10H11FN4O. The summed E-state index contributed by atoms with van der Waals surface area (Å²) in [4.78, 5) is 3.85. The fraction of sp³-hybridized carbons (Fsp3) is 0.200. The van der Waals surface area contributed by atoms with Crippen LogP contribution in [0.5, 0.6) is 0 Å². The van der Waals surface area contributed by atoms with Crippen LogP contribution in [0.25, 0.3) is 0 Å². The van der Waals surface area contributed by atoms with Crippen molar-refractivity contribution in [3.05, 3.63) is 36.2 Å². The van der Waals surface area contributed by atoms with Gasteiger partial charge >= 0.3 is 0 Å². The highest BCUT2D eigenvalue weighted by Gasteiger charge is 2.02. The van der Waals surface area contributed by atoms with Gasteiger partial charge in [-0.15, -0.1) is 0 Å². The molecular weight excluding hydrogens is 211 g/mol. The van der Waals surface area contributed by atoms with Crippen molar-refractivity contribution in [2.24, 2.45) is 0 Å². The number of hydrogen-bond donors (Lipinski definition) is 2. The third-order valence-electron chi connectivity index (χ3n) is 2.06. The molecule has 0 atom stereocenters. The number of hydrogen-bond acceptors (Lipinski definition) is 5. The average molecular weight is 222 g/mol. The van der Waals surface area contributed by atoms with E-state index < -0.39 is 0 Å². The molecule has 2 rings (SSSR count). The zero-order valence-electron chi connectivity index (χ0n) is 8.48. The number of nitrogens with zero attached hydrogens (tertiary/aromatic N) is 2. The Hall–Kier alpha value is -2.11. The minimum atomic E-state index is -0.367. The maximum Gasteiger partial charge on any atom is 0.213 e. The minimum absolute atomic E-state index is 0.367. The van der Waals surface area contributed by atoms with Crippen molar-refractivity contribution in [1.82, 2.24) is 10.1 Å². The standard InChI is InChI=1S/C10H11FN4O/c11-8-5-7(12)1-2-9(8)13-4-3-10-14-6-16-15-10/h1-2,5-6,13H,3-4,12H2. The van der Waals surface area contributed by atoms with Gasteiger partial charge in [0.2, 0.25) is 6.39 Å².